The third-order valence-corrected chi connectivity index (χ3v) is 16.1. The lowest BCUT2D eigenvalue weighted by atomic mass is 9.78. The van der Waals surface area contributed by atoms with E-state index in [0.717, 1.165) is 55.4 Å². The van der Waals surface area contributed by atoms with Gasteiger partial charge in [-0.15, -0.1) is 0 Å². The average Bonchev–Trinajstić information content (AvgIpc) is 4.09. The molecule has 2 spiro atoms. The van der Waals surface area contributed by atoms with Crippen molar-refractivity contribution in [2.75, 3.05) is 20.8 Å². The van der Waals surface area contributed by atoms with Gasteiger partial charge >= 0.3 is 5.97 Å². The number of ether oxygens (including phenoxy) is 10. The number of carbonyl (C=O) groups excluding carboxylic acids is 1. The van der Waals surface area contributed by atoms with E-state index in [9.17, 15) is 9.90 Å². The number of aliphatic hydroxyl groups excluding tert-OH is 1. The summed E-state index contributed by atoms with van der Waals surface area (Å²) >= 11 is 0. The molecule has 63 heavy (non-hydrogen) atoms. The van der Waals surface area contributed by atoms with Crippen molar-refractivity contribution in [1.29, 1.82) is 0 Å². The van der Waals surface area contributed by atoms with E-state index in [1.807, 2.05) is 75.4 Å². The first kappa shape index (κ1) is 46.9. The minimum atomic E-state index is -0.988. The Hall–Kier alpha value is -2.65. The zero-order chi connectivity index (χ0) is 44.9. The summed E-state index contributed by atoms with van der Waals surface area (Å²) in [5.74, 6) is -1.71. The molecule has 2 aromatic carbocycles. The van der Waals surface area contributed by atoms with Crippen molar-refractivity contribution in [1.82, 2.24) is 0 Å². The molecule has 0 saturated carbocycles. The number of methoxy groups -OCH3 is 2. The SMILES string of the molecule is CC[C@@]1([C@@H]2O[C@H]([C@H]3O[C@@]4(CO[C@@H](c5ccc(OC)cc5)O4)[C@H](C)C[C@@H]3C)C[C@@H]2C)CC[C@H]([C@@]2(C)CC[C@]3(C[C@H](O)[C@@H](C)[C@@H]([C@@H](C)[C@@H](OC)[C@H](C)C(=O)OCc4ccccc4)O3)O2)O1. The number of esters is 1. The molecule has 0 bridgehead atoms. The summed E-state index contributed by atoms with van der Waals surface area (Å²) in [7, 11) is 3.28. The highest BCUT2D eigenvalue weighted by Crippen LogP contribution is 2.55. The highest BCUT2D eigenvalue weighted by Gasteiger charge is 2.63. The van der Waals surface area contributed by atoms with Gasteiger partial charge in [-0.25, -0.2) is 0 Å². The van der Waals surface area contributed by atoms with Crippen LogP contribution in [0.15, 0.2) is 54.6 Å². The Morgan fingerprint density at radius 3 is 2.35 bits per heavy atom. The summed E-state index contributed by atoms with van der Waals surface area (Å²) in [6.07, 6.45) is 3.40. The van der Waals surface area contributed by atoms with Crippen LogP contribution in [0.3, 0.4) is 0 Å². The molecule has 2 aromatic rings. The van der Waals surface area contributed by atoms with Gasteiger partial charge in [0.15, 0.2) is 17.9 Å². The normalized spacial score (nSPS) is 43.0. The highest BCUT2D eigenvalue weighted by molar-refractivity contribution is 5.72. The van der Waals surface area contributed by atoms with Crippen LogP contribution in [0.5, 0.6) is 5.75 Å². The average molecular weight is 879 g/mol. The largest absolute Gasteiger partial charge is 0.497 e. The molecule has 0 radical (unpaired) electrons. The Labute approximate surface area is 375 Å². The Bertz CT molecular complexity index is 1850. The fourth-order valence-electron chi connectivity index (χ4n) is 12.2. The summed E-state index contributed by atoms with van der Waals surface area (Å²) in [5.41, 5.74) is 0.748. The molecule has 0 aromatic heterocycles. The van der Waals surface area contributed by atoms with Crippen LogP contribution in [-0.4, -0.2) is 97.4 Å². The Balaban J connectivity index is 0.910. The maximum Gasteiger partial charge on any atom is 0.311 e. The standard InChI is InChI=1S/C51H74O12/c1-11-49(45-31(3)26-40(58-45)42-30(2)25-32(4)51(61-42)29-57-47(62-51)37-17-19-38(54-9)20-18-37)22-21-41(59-49)48(8)23-24-50(63-48)27-39(52)33(5)44(60-50)34(6)43(55-10)35(7)46(53)56-28-36-15-13-12-14-16-36/h12-20,30-35,39-45,47,52H,11,21-29H2,1-10H3/t30-,31-,32+,33+,34-,35-,39-,40-,41+,42-,43+,44-,45+,47+,48+,49-,50+,51+/m0/s1. The second-order valence-corrected chi connectivity index (χ2v) is 20.4. The molecule has 6 heterocycles. The molecule has 0 aliphatic carbocycles. The smallest absolute Gasteiger partial charge is 0.311 e. The summed E-state index contributed by atoms with van der Waals surface area (Å²) in [6, 6.07) is 17.5. The molecule has 0 unspecified atom stereocenters. The molecule has 12 heteroatoms. The van der Waals surface area contributed by atoms with Crippen LogP contribution in [0, 0.1) is 35.5 Å². The van der Waals surface area contributed by atoms with E-state index in [1.165, 1.54) is 0 Å². The van der Waals surface area contributed by atoms with Crippen molar-refractivity contribution in [2.45, 2.75) is 185 Å². The highest BCUT2D eigenvalue weighted by atomic mass is 16.8. The van der Waals surface area contributed by atoms with Gasteiger partial charge in [-0.2, -0.15) is 0 Å². The van der Waals surface area contributed by atoms with E-state index in [4.69, 9.17) is 47.4 Å². The van der Waals surface area contributed by atoms with Gasteiger partial charge in [0.2, 0.25) is 0 Å². The molecule has 18 atom stereocenters. The Morgan fingerprint density at radius 2 is 1.65 bits per heavy atom. The Kier molecular flexibility index (Phi) is 13.8. The predicted molar refractivity (Wildman–Crippen MR) is 234 cm³/mol. The summed E-state index contributed by atoms with van der Waals surface area (Å²) in [4.78, 5) is 13.3. The van der Waals surface area contributed by atoms with Crippen molar-refractivity contribution < 1.29 is 57.3 Å². The van der Waals surface area contributed by atoms with E-state index in [0.29, 0.717) is 19.4 Å². The summed E-state index contributed by atoms with van der Waals surface area (Å²) in [5, 5.41) is 11.6. The van der Waals surface area contributed by atoms with E-state index >= 15 is 0 Å². The second-order valence-electron chi connectivity index (χ2n) is 20.4. The first-order valence-corrected chi connectivity index (χ1v) is 23.8. The van der Waals surface area contributed by atoms with Gasteiger partial charge < -0.3 is 52.5 Å². The topological polar surface area (TPSA) is 130 Å². The molecule has 1 N–H and O–H groups in total. The molecule has 6 aliphatic rings. The zero-order valence-corrected chi connectivity index (χ0v) is 39.3. The maximum atomic E-state index is 13.3. The number of rotatable bonds is 13. The molecular weight excluding hydrogens is 805 g/mol. The predicted octanol–water partition coefficient (Wildman–Crippen LogP) is 8.70. The van der Waals surface area contributed by atoms with Crippen molar-refractivity contribution >= 4 is 5.97 Å². The molecule has 12 nitrogen and oxygen atoms in total. The lowest BCUT2D eigenvalue weighted by Crippen LogP contribution is -2.57. The Morgan fingerprint density at radius 1 is 0.905 bits per heavy atom. The van der Waals surface area contributed by atoms with E-state index in [2.05, 4.69) is 34.6 Å². The van der Waals surface area contributed by atoms with Crippen molar-refractivity contribution in [3.05, 3.63) is 65.7 Å². The third-order valence-electron chi connectivity index (χ3n) is 16.1. The van der Waals surface area contributed by atoms with Crippen LogP contribution in [-0.2, 0) is 54.0 Å². The number of aliphatic hydroxyl groups is 1. The van der Waals surface area contributed by atoms with Gasteiger partial charge in [0.25, 0.3) is 0 Å². The summed E-state index contributed by atoms with van der Waals surface area (Å²) in [6.45, 7) is 17.6. The first-order valence-electron chi connectivity index (χ1n) is 23.8. The molecular formula is C51H74O12. The number of hydrogen-bond donors (Lipinski definition) is 1. The lowest BCUT2D eigenvalue weighted by Gasteiger charge is -2.49. The second kappa shape index (κ2) is 18.6. The molecule has 6 fully saturated rings. The molecule has 6 aliphatic heterocycles. The van der Waals surface area contributed by atoms with E-state index in [-0.39, 0.29) is 66.6 Å². The van der Waals surface area contributed by atoms with Crippen molar-refractivity contribution in [2.24, 2.45) is 35.5 Å². The van der Waals surface area contributed by atoms with Crippen LogP contribution in [0.25, 0.3) is 0 Å². The molecule has 8 rings (SSSR count). The number of benzene rings is 2. The van der Waals surface area contributed by atoms with Gasteiger partial charge in [0, 0.05) is 43.3 Å². The van der Waals surface area contributed by atoms with Gasteiger partial charge in [0.1, 0.15) is 19.0 Å². The van der Waals surface area contributed by atoms with Crippen LogP contribution in [0.1, 0.15) is 124 Å². The first-order chi connectivity index (χ1) is 30.1. The minimum Gasteiger partial charge on any atom is -0.497 e. The lowest BCUT2D eigenvalue weighted by molar-refractivity contribution is -0.336. The van der Waals surface area contributed by atoms with Crippen LogP contribution in [0.4, 0.5) is 0 Å². The maximum absolute atomic E-state index is 13.3. The van der Waals surface area contributed by atoms with Crippen LogP contribution < -0.4 is 4.74 Å². The van der Waals surface area contributed by atoms with Crippen molar-refractivity contribution in [3.63, 3.8) is 0 Å². The molecule has 0 amide bonds. The number of carbonyl (C=O) groups is 1. The fraction of sp³-hybridized carbons (Fsp3) is 0.745. The van der Waals surface area contributed by atoms with Crippen LogP contribution >= 0.6 is 0 Å². The monoisotopic (exact) mass is 879 g/mol. The van der Waals surface area contributed by atoms with Gasteiger partial charge in [0.05, 0.1) is 67.0 Å². The third kappa shape index (κ3) is 8.99. The van der Waals surface area contributed by atoms with Crippen molar-refractivity contribution in [3.8, 4) is 5.75 Å². The van der Waals surface area contributed by atoms with E-state index in [1.54, 1.807) is 14.2 Å². The van der Waals surface area contributed by atoms with Gasteiger partial charge in [-0.1, -0.05) is 84.0 Å². The molecule has 350 valence electrons. The fourth-order valence-corrected chi connectivity index (χ4v) is 12.2. The quantitative estimate of drug-likeness (QED) is 0.193. The van der Waals surface area contributed by atoms with Crippen LogP contribution in [0.2, 0.25) is 0 Å². The van der Waals surface area contributed by atoms with Gasteiger partial charge in [-0.3, -0.25) is 4.79 Å². The molecule has 6 saturated heterocycles. The minimum absolute atomic E-state index is 0.108. The summed E-state index contributed by atoms with van der Waals surface area (Å²) < 4.78 is 65.6. The number of hydrogen-bond acceptors (Lipinski definition) is 12. The zero-order valence-electron chi connectivity index (χ0n) is 39.3. The van der Waals surface area contributed by atoms with Gasteiger partial charge in [-0.05, 0) is 81.9 Å². The van der Waals surface area contributed by atoms with E-state index < -0.39 is 53.3 Å².